The van der Waals surface area contributed by atoms with Crippen molar-refractivity contribution in [3.63, 3.8) is 0 Å². The Hall–Kier alpha value is -1.49. The maximum Gasteiger partial charge on any atom is 0.237 e. The Morgan fingerprint density at radius 1 is 1.48 bits per heavy atom. The minimum absolute atomic E-state index is 0.0590. The van der Waals surface area contributed by atoms with Crippen molar-refractivity contribution < 1.29 is 19.3 Å². The molecule has 0 aliphatic carbocycles. The lowest BCUT2D eigenvalue weighted by atomic mass is 10.1. The molecule has 1 fully saturated rings. The van der Waals surface area contributed by atoms with E-state index in [1.54, 1.807) is 6.07 Å². The summed E-state index contributed by atoms with van der Waals surface area (Å²) in [6.45, 7) is -0.520. The van der Waals surface area contributed by atoms with Crippen LogP contribution >= 0.6 is 15.9 Å². The molecule has 3 heterocycles. The van der Waals surface area contributed by atoms with E-state index < -0.39 is 29.6 Å². The molecule has 10 heteroatoms. The maximum atomic E-state index is 14.7. The molecule has 2 aromatic rings. The largest absolute Gasteiger partial charge is 0.394 e. The molecule has 3 rings (SSSR count). The molecule has 0 aromatic carbocycles. The van der Waals surface area contributed by atoms with Gasteiger partial charge in [0.05, 0.1) is 12.0 Å². The van der Waals surface area contributed by atoms with Gasteiger partial charge in [-0.25, -0.2) is 4.39 Å². The van der Waals surface area contributed by atoms with Crippen LogP contribution in [0.2, 0.25) is 0 Å². The van der Waals surface area contributed by atoms with Gasteiger partial charge < -0.3 is 31.0 Å². The first kappa shape index (κ1) is 14.4. The van der Waals surface area contributed by atoms with E-state index in [0.717, 1.165) is 0 Å². The normalized spacial score (nSPS) is 32.9. The predicted molar refractivity (Wildman–Crippen MR) is 76.1 cm³/mol. The summed E-state index contributed by atoms with van der Waals surface area (Å²) in [5, 5.41) is 19.5. The van der Waals surface area contributed by atoms with Crippen LogP contribution in [0.3, 0.4) is 0 Å². The third-order valence-electron chi connectivity index (χ3n) is 3.43. The summed E-state index contributed by atoms with van der Waals surface area (Å²) in [7, 11) is 0. The van der Waals surface area contributed by atoms with Crippen molar-refractivity contribution in [2.45, 2.75) is 23.0 Å². The molecule has 4 atom stereocenters. The molecule has 0 saturated carbocycles. The van der Waals surface area contributed by atoms with Crippen LogP contribution in [-0.2, 0) is 4.74 Å². The highest BCUT2D eigenvalue weighted by Crippen LogP contribution is 2.47. The second-order valence-corrected chi connectivity index (χ2v) is 5.97. The number of fused-ring (bicyclic) bond motifs is 1. The zero-order chi connectivity index (χ0) is 15.4. The number of alkyl halides is 2. The number of halogens is 2. The Labute approximate surface area is 126 Å². The lowest BCUT2D eigenvalue weighted by Gasteiger charge is -2.23. The molecule has 0 radical (unpaired) electrons. The molecule has 0 amide bonds. The molecule has 1 saturated heterocycles. The summed E-state index contributed by atoms with van der Waals surface area (Å²) >= 11 is 2.82. The van der Waals surface area contributed by atoms with Crippen molar-refractivity contribution in [2.75, 3.05) is 18.1 Å². The van der Waals surface area contributed by atoms with Gasteiger partial charge in [-0.1, -0.05) is 0 Å². The summed E-state index contributed by atoms with van der Waals surface area (Å²) in [5.74, 6) is 0.101. The van der Waals surface area contributed by atoms with Gasteiger partial charge in [-0.05, 0) is 22.0 Å². The number of ether oxygens (including phenoxy) is 1. The van der Waals surface area contributed by atoms with Crippen LogP contribution in [0.5, 0.6) is 0 Å². The van der Waals surface area contributed by atoms with Crippen molar-refractivity contribution in [3.05, 3.63) is 12.3 Å². The van der Waals surface area contributed by atoms with Crippen LogP contribution in [0.1, 0.15) is 6.23 Å². The standard InChI is InChI=1S/C11H13BrFN5O3/c12-11(13)6(20)5(3-19)21-9(11)18-2-1-4-7(14)16-10(15)17-8(4)18/h1-2,5-6,9,19-20H,3H2,(H4,14,15,16,17)/t5-,6+,9-,11?/m1/s1. The van der Waals surface area contributed by atoms with E-state index in [0.29, 0.717) is 5.39 Å². The van der Waals surface area contributed by atoms with E-state index in [1.165, 1.54) is 10.8 Å². The van der Waals surface area contributed by atoms with Gasteiger partial charge in [-0.2, -0.15) is 9.97 Å². The Morgan fingerprint density at radius 2 is 2.19 bits per heavy atom. The van der Waals surface area contributed by atoms with Gasteiger partial charge in [-0.3, -0.25) is 0 Å². The van der Waals surface area contributed by atoms with Crippen LogP contribution in [-0.4, -0.2) is 48.1 Å². The summed E-state index contributed by atoms with van der Waals surface area (Å²) in [4.78, 5) is 7.84. The summed E-state index contributed by atoms with van der Waals surface area (Å²) in [5.41, 5.74) is 11.6. The smallest absolute Gasteiger partial charge is 0.237 e. The van der Waals surface area contributed by atoms with Crippen molar-refractivity contribution >= 4 is 38.7 Å². The van der Waals surface area contributed by atoms with E-state index in [4.69, 9.17) is 21.3 Å². The van der Waals surface area contributed by atoms with Crippen molar-refractivity contribution in [3.8, 4) is 0 Å². The van der Waals surface area contributed by atoms with Crippen LogP contribution in [0.4, 0.5) is 16.2 Å². The Balaban J connectivity index is 2.13. The first-order valence-corrected chi connectivity index (χ1v) is 6.87. The number of aromatic nitrogens is 3. The topological polar surface area (TPSA) is 132 Å². The number of anilines is 2. The molecule has 1 aliphatic rings. The zero-order valence-corrected chi connectivity index (χ0v) is 12.2. The summed E-state index contributed by atoms with van der Waals surface area (Å²) < 4.78 is 19.1. The van der Waals surface area contributed by atoms with E-state index in [2.05, 4.69) is 25.9 Å². The first-order chi connectivity index (χ1) is 9.86. The van der Waals surface area contributed by atoms with Gasteiger partial charge >= 0.3 is 0 Å². The van der Waals surface area contributed by atoms with Crippen LogP contribution in [0.25, 0.3) is 11.0 Å². The molecule has 6 N–H and O–H groups in total. The van der Waals surface area contributed by atoms with Gasteiger partial charge in [-0.15, -0.1) is 0 Å². The van der Waals surface area contributed by atoms with Crippen LogP contribution in [0.15, 0.2) is 12.3 Å². The zero-order valence-electron chi connectivity index (χ0n) is 10.6. The van der Waals surface area contributed by atoms with Gasteiger partial charge in [0.1, 0.15) is 23.7 Å². The monoisotopic (exact) mass is 361 g/mol. The number of aliphatic hydroxyl groups excluding tert-OH is 2. The van der Waals surface area contributed by atoms with Gasteiger partial charge in [0.15, 0.2) is 6.23 Å². The second-order valence-electron chi connectivity index (χ2n) is 4.76. The fourth-order valence-corrected chi connectivity index (χ4v) is 3.01. The highest BCUT2D eigenvalue weighted by Gasteiger charge is 2.56. The van der Waals surface area contributed by atoms with Crippen LogP contribution in [0, 0.1) is 0 Å². The molecule has 8 nitrogen and oxygen atoms in total. The molecule has 0 spiro atoms. The van der Waals surface area contributed by atoms with Crippen molar-refractivity contribution in [1.82, 2.24) is 14.5 Å². The van der Waals surface area contributed by atoms with E-state index in [-0.39, 0.29) is 17.4 Å². The fourth-order valence-electron chi connectivity index (χ4n) is 2.38. The Morgan fingerprint density at radius 3 is 2.81 bits per heavy atom. The lowest BCUT2D eigenvalue weighted by Crippen LogP contribution is -2.37. The quantitative estimate of drug-likeness (QED) is 0.549. The molecule has 0 bridgehead atoms. The fraction of sp³-hybridized carbons (Fsp3) is 0.455. The average Bonchev–Trinajstić information content (AvgIpc) is 2.91. The van der Waals surface area contributed by atoms with Gasteiger partial charge in [0.2, 0.25) is 10.5 Å². The molecule has 1 unspecified atom stereocenters. The SMILES string of the molecule is Nc1nc(N)c2ccn([C@@H]3O[C@H](CO)[C@H](O)C3(F)Br)c2n1. The minimum atomic E-state index is -2.29. The number of hydrogen-bond acceptors (Lipinski definition) is 7. The number of nitrogens with two attached hydrogens (primary N) is 2. The molecular weight excluding hydrogens is 349 g/mol. The third-order valence-corrected chi connectivity index (χ3v) is 4.29. The minimum Gasteiger partial charge on any atom is -0.394 e. The Bertz CT molecular complexity index is 694. The highest BCUT2D eigenvalue weighted by molar-refractivity contribution is 9.10. The van der Waals surface area contributed by atoms with Gasteiger partial charge in [0, 0.05) is 6.20 Å². The number of rotatable bonds is 2. The number of hydrogen-bond donors (Lipinski definition) is 4. The average molecular weight is 362 g/mol. The highest BCUT2D eigenvalue weighted by atomic mass is 79.9. The summed E-state index contributed by atoms with van der Waals surface area (Å²) in [6.07, 6.45) is -2.34. The number of aliphatic hydroxyl groups is 2. The first-order valence-electron chi connectivity index (χ1n) is 6.08. The molecule has 1 aliphatic heterocycles. The van der Waals surface area contributed by atoms with E-state index >= 15 is 0 Å². The maximum absolute atomic E-state index is 14.7. The third kappa shape index (κ3) is 2.06. The predicted octanol–water partition coefficient (Wildman–Crippen LogP) is -0.0930. The van der Waals surface area contributed by atoms with Crippen molar-refractivity contribution in [2.24, 2.45) is 0 Å². The van der Waals surface area contributed by atoms with Crippen LogP contribution < -0.4 is 11.5 Å². The second kappa shape index (κ2) is 4.77. The van der Waals surface area contributed by atoms with E-state index in [1.807, 2.05) is 0 Å². The molecule has 2 aromatic heterocycles. The van der Waals surface area contributed by atoms with Crippen molar-refractivity contribution in [1.29, 1.82) is 0 Å². The number of nitrogens with zero attached hydrogens (tertiary/aromatic N) is 3. The number of nitrogen functional groups attached to an aromatic ring is 2. The summed E-state index contributed by atoms with van der Waals surface area (Å²) in [6, 6.07) is 1.59. The van der Waals surface area contributed by atoms with E-state index in [9.17, 15) is 9.50 Å². The molecule has 21 heavy (non-hydrogen) atoms. The van der Waals surface area contributed by atoms with Gasteiger partial charge in [0.25, 0.3) is 0 Å². The molecular formula is C11H13BrFN5O3. The lowest BCUT2D eigenvalue weighted by molar-refractivity contribution is -0.0470. The molecule has 114 valence electrons. The Kier molecular flexibility index (Phi) is 3.28.